The van der Waals surface area contributed by atoms with Gasteiger partial charge in [-0.25, -0.2) is 0 Å². The predicted molar refractivity (Wildman–Crippen MR) is 87.7 cm³/mol. The molecule has 0 aromatic heterocycles. The molecule has 0 unspecified atom stereocenters. The highest BCUT2D eigenvalue weighted by atomic mass is 127. The van der Waals surface area contributed by atoms with Crippen molar-refractivity contribution < 1.29 is 4.79 Å². The monoisotopic (exact) mass is 389 g/mol. The molecule has 0 atom stereocenters. The Morgan fingerprint density at radius 1 is 1.47 bits per heavy atom. The molecule has 102 valence electrons. The van der Waals surface area contributed by atoms with E-state index in [1.165, 1.54) is 12.8 Å². The molecule has 1 saturated carbocycles. The van der Waals surface area contributed by atoms with Crippen LogP contribution in [-0.4, -0.2) is 23.4 Å². The fourth-order valence-corrected chi connectivity index (χ4v) is 3.31. The van der Waals surface area contributed by atoms with Crippen LogP contribution in [0.5, 0.6) is 0 Å². The smallest absolute Gasteiger partial charge is 0.255 e. The lowest BCUT2D eigenvalue weighted by atomic mass is 10.1. The standard InChI is InChI=1S/C15H17ClINO/c1-2-9-18(12-5-3-4-6-12)15(19)13-10-11(16)7-8-14(13)17/h2,7-8,10,12H,1,3-6,9H2. The van der Waals surface area contributed by atoms with Gasteiger partial charge in [-0.15, -0.1) is 6.58 Å². The second-order valence-corrected chi connectivity index (χ2v) is 6.41. The average molecular weight is 390 g/mol. The lowest BCUT2D eigenvalue weighted by Crippen LogP contribution is -2.39. The highest BCUT2D eigenvalue weighted by molar-refractivity contribution is 14.1. The minimum Gasteiger partial charge on any atom is -0.332 e. The molecule has 0 aliphatic heterocycles. The first-order valence-electron chi connectivity index (χ1n) is 6.50. The van der Waals surface area contributed by atoms with E-state index in [0.717, 1.165) is 16.4 Å². The van der Waals surface area contributed by atoms with Crippen LogP contribution in [0.15, 0.2) is 30.9 Å². The molecule has 1 aliphatic rings. The van der Waals surface area contributed by atoms with Gasteiger partial charge in [0.05, 0.1) is 5.56 Å². The fourth-order valence-electron chi connectivity index (χ4n) is 2.57. The molecule has 0 radical (unpaired) electrons. The van der Waals surface area contributed by atoms with Crippen LogP contribution in [0.1, 0.15) is 36.0 Å². The Balaban J connectivity index is 2.27. The Hall–Kier alpha value is -0.550. The number of amides is 1. The zero-order valence-electron chi connectivity index (χ0n) is 10.7. The number of benzene rings is 1. The van der Waals surface area contributed by atoms with Crippen molar-refractivity contribution in [3.63, 3.8) is 0 Å². The molecular formula is C15H17ClINO. The van der Waals surface area contributed by atoms with Crippen LogP contribution in [0.3, 0.4) is 0 Å². The summed E-state index contributed by atoms with van der Waals surface area (Å²) < 4.78 is 0.944. The van der Waals surface area contributed by atoms with Gasteiger partial charge in [-0.1, -0.05) is 30.5 Å². The Labute approximate surface area is 133 Å². The zero-order valence-corrected chi connectivity index (χ0v) is 13.7. The van der Waals surface area contributed by atoms with Gasteiger partial charge in [-0.3, -0.25) is 4.79 Å². The van der Waals surface area contributed by atoms with Crippen LogP contribution >= 0.6 is 34.2 Å². The number of halogens is 2. The van der Waals surface area contributed by atoms with Crippen molar-refractivity contribution in [2.45, 2.75) is 31.7 Å². The Morgan fingerprint density at radius 2 is 2.16 bits per heavy atom. The summed E-state index contributed by atoms with van der Waals surface area (Å²) in [5.41, 5.74) is 0.696. The van der Waals surface area contributed by atoms with Crippen LogP contribution in [0, 0.1) is 3.57 Å². The molecule has 0 saturated heterocycles. The largest absolute Gasteiger partial charge is 0.332 e. The van der Waals surface area contributed by atoms with Crippen LogP contribution < -0.4 is 0 Å². The SMILES string of the molecule is C=CCN(C(=O)c1cc(Cl)ccc1I)C1CCCC1. The maximum absolute atomic E-state index is 12.7. The second kappa shape index (κ2) is 6.75. The van der Waals surface area contributed by atoms with E-state index >= 15 is 0 Å². The predicted octanol–water partition coefficient (Wildman–Crippen LogP) is 4.52. The summed E-state index contributed by atoms with van der Waals surface area (Å²) in [6, 6.07) is 5.81. The van der Waals surface area contributed by atoms with Gasteiger partial charge < -0.3 is 4.90 Å². The first-order chi connectivity index (χ1) is 9.13. The molecule has 19 heavy (non-hydrogen) atoms. The maximum atomic E-state index is 12.7. The van der Waals surface area contributed by atoms with Gasteiger partial charge in [0.25, 0.3) is 5.91 Å². The van der Waals surface area contributed by atoms with Gasteiger partial charge in [0, 0.05) is 21.2 Å². The normalized spacial score (nSPS) is 15.5. The number of carbonyl (C=O) groups is 1. The van der Waals surface area contributed by atoms with Crippen molar-refractivity contribution in [2.75, 3.05) is 6.54 Å². The topological polar surface area (TPSA) is 20.3 Å². The van der Waals surface area contributed by atoms with Gasteiger partial charge in [0.15, 0.2) is 0 Å². The van der Waals surface area contributed by atoms with E-state index in [4.69, 9.17) is 11.6 Å². The molecular weight excluding hydrogens is 373 g/mol. The molecule has 1 aliphatic carbocycles. The Kier molecular flexibility index (Phi) is 5.28. The third-order valence-corrected chi connectivity index (χ3v) is 4.69. The average Bonchev–Trinajstić information content (AvgIpc) is 2.92. The summed E-state index contributed by atoms with van der Waals surface area (Å²) in [5.74, 6) is 0.0682. The summed E-state index contributed by atoms with van der Waals surface area (Å²) in [7, 11) is 0. The van der Waals surface area contributed by atoms with E-state index in [0.29, 0.717) is 23.2 Å². The summed E-state index contributed by atoms with van der Waals surface area (Å²) >= 11 is 8.19. The lowest BCUT2D eigenvalue weighted by Gasteiger charge is -2.28. The van der Waals surface area contributed by atoms with E-state index in [-0.39, 0.29) is 5.91 Å². The van der Waals surface area contributed by atoms with E-state index in [1.807, 2.05) is 17.0 Å². The molecule has 0 heterocycles. The molecule has 4 heteroatoms. The molecule has 0 N–H and O–H groups in total. The number of nitrogens with zero attached hydrogens (tertiary/aromatic N) is 1. The quantitative estimate of drug-likeness (QED) is 0.548. The van der Waals surface area contributed by atoms with Crippen molar-refractivity contribution in [3.05, 3.63) is 45.0 Å². The molecule has 2 rings (SSSR count). The van der Waals surface area contributed by atoms with E-state index in [9.17, 15) is 4.79 Å². The first-order valence-corrected chi connectivity index (χ1v) is 7.96. The lowest BCUT2D eigenvalue weighted by molar-refractivity contribution is 0.0705. The first kappa shape index (κ1) is 14.9. The van der Waals surface area contributed by atoms with E-state index < -0.39 is 0 Å². The summed E-state index contributed by atoms with van der Waals surface area (Å²) in [4.78, 5) is 14.6. The Morgan fingerprint density at radius 3 is 2.79 bits per heavy atom. The summed E-state index contributed by atoms with van der Waals surface area (Å²) in [6.07, 6.45) is 6.40. The molecule has 1 aromatic rings. The van der Waals surface area contributed by atoms with Crippen molar-refractivity contribution in [1.82, 2.24) is 4.90 Å². The molecule has 1 amide bonds. The third kappa shape index (κ3) is 3.51. The number of carbonyl (C=O) groups excluding carboxylic acids is 1. The van der Waals surface area contributed by atoms with Crippen molar-refractivity contribution in [1.29, 1.82) is 0 Å². The summed E-state index contributed by atoms with van der Waals surface area (Å²) in [5, 5.41) is 0.605. The molecule has 1 fully saturated rings. The van der Waals surface area contributed by atoms with Crippen LogP contribution in [-0.2, 0) is 0 Å². The summed E-state index contributed by atoms with van der Waals surface area (Å²) in [6.45, 7) is 4.37. The van der Waals surface area contributed by atoms with Crippen molar-refractivity contribution >= 4 is 40.1 Å². The van der Waals surface area contributed by atoms with Crippen LogP contribution in [0.4, 0.5) is 0 Å². The van der Waals surface area contributed by atoms with E-state index in [2.05, 4.69) is 29.2 Å². The van der Waals surface area contributed by atoms with Crippen LogP contribution in [0.25, 0.3) is 0 Å². The van der Waals surface area contributed by atoms with Crippen molar-refractivity contribution in [2.24, 2.45) is 0 Å². The maximum Gasteiger partial charge on any atom is 0.255 e. The van der Waals surface area contributed by atoms with Gasteiger partial charge in [-0.05, 0) is 53.6 Å². The fraction of sp³-hybridized carbons (Fsp3) is 0.400. The third-order valence-electron chi connectivity index (χ3n) is 3.51. The highest BCUT2D eigenvalue weighted by Crippen LogP contribution is 2.27. The molecule has 0 spiro atoms. The molecule has 1 aromatic carbocycles. The van der Waals surface area contributed by atoms with Gasteiger partial charge in [0.1, 0.15) is 0 Å². The van der Waals surface area contributed by atoms with Crippen LogP contribution in [0.2, 0.25) is 5.02 Å². The van der Waals surface area contributed by atoms with Gasteiger partial charge in [-0.2, -0.15) is 0 Å². The Bertz CT molecular complexity index is 483. The minimum absolute atomic E-state index is 0.0682. The van der Waals surface area contributed by atoms with Crippen molar-refractivity contribution in [3.8, 4) is 0 Å². The number of rotatable bonds is 4. The van der Waals surface area contributed by atoms with E-state index in [1.54, 1.807) is 12.1 Å². The number of hydrogen-bond donors (Lipinski definition) is 0. The molecule has 2 nitrogen and oxygen atoms in total. The minimum atomic E-state index is 0.0682. The molecule has 0 bridgehead atoms. The second-order valence-electron chi connectivity index (χ2n) is 4.81. The number of hydrogen-bond acceptors (Lipinski definition) is 1. The van der Waals surface area contributed by atoms with Gasteiger partial charge in [0.2, 0.25) is 0 Å². The van der Waals surface area contributed by atoms with Gasteiger partial charge >= 0.3 is 0 Å². The zero-order chi connectivity index (χ0) is 13.8. The highest BCUT2D eigenvalue weighted by Gasteiger charge is 2.27.